The molecule has 0 bridgehead atoms. The molecule has 7 nitrogen and oxygen atoms in total. The van der Waals surface area contributed by atoms with Crippen LogP contribution >= 0.6 is 11.6 Å². The molecule has 0 fully saturated rings. The fourth-order valence-corrected chi connectivity index (χ4v) is 2.94. The number of amides is 1. The maximum absolute atomic E-state index is 12.8. The lowest BCUT2D eigenvalue weighted by atomic mass is 10.00. The van der Waals surface area contributed by atoms with E-state index in [0.717, 1.165) is 5.56 Å². The van der Waals surface area contributed by atoms with E-state index >= 15 is 0 Å². The molecule has 1 N–H and O–H groups in total. The number of allylic oxidation sites excluding steroid dienone is 2. The van der Waals surface area contributed by atoms with Gasteiger partial charge in [-0.15, -0.1) is 8.78 Å². The van der Waals surface area contributed by atoms with E-state index in [1.807, 2.05) is 0 Å². The molecule has 32 heavy (non-hydrogen) atoms. The summed E-state index contributed by atoms with van der Waals surface area (Å²) in [6.45, 7) is 7.24. The van der Waals surface area contributed by atoms with E-state index in [0.29, 0.717) is 22.5 Å². The average Bonchev–Trinajstić information content (AvgIpc) is 3.18. The summed E-state index contributed by atoms with van der Waals surface area (Å²) in [5.41, 5.74) is -0.609. The molecule has 0 saturated heterocycles. The van der Waals surface area contributed by atoms with Crippen LogP contribution in [0.4, 0.5) is 14.5 Å². The minimum Gasteiger partial charge on any atom is -0.420 e. The molecular formula is C22H18ClF2N5O2. The van der Waals surface area contributed by atoms with Gasteiger partial charge in [-0.2, -0.15) is 5.10 Å². The van der Waals surface area contributed by atoms with E-state index in [9.17, 15) is 13.6 Å². The number of pyridine rings is 1. The van der Waals surface area contributed by atoms with E-state index in [4.69, 9.17) is 11.6 Å². The lowest BCUT2D eigenvalue weighted by Crippen LogP contribution is -2.16. The number of aryl methyl sites for hydroxylation is 1. The third-order valence-electron chi connectivity index (χ3n) is 4.24. The number of ether oxygens (including phenoxy) is 1. The normalized spacial score (nSPS) is 11.7. The van der Waals surface area contributed by atoms with Crippen LogP contribution < -0.4 is 10.1 Å². The van der Waals surface area contributed by atoms with E-state index < -0.39 is 11.5 Å². The molecule has 0 aliphatic heterocycles. The predicted octanol–water partition coefficient (Wildman–Crippen LogP) is 5.13. The molecule has 1 aromatic carbocycles. The van der Waals surface area contributed by atoms with Crippen molar-refractivity contribution in [3.8, 4) is 16.9 Å². The molecule has 0 aliphatic carbocycles. The fourth-order valence-electron chi connectivity index (χ4n) is 2.85. The van der Waals surface area contributed by atoms with Crippen LogP contribution in [0.1, 0.15) is 16.1 Å². The highest BCUT2D eigenvalue weighted by Crippen LogP contribution is 2.29. The van der Waals surface area contributed by atoms with E-state index in [1.165, 1.54) is 36.7 Å². The van der Waals surface area contributed by atoms with Gasteiger partial charge < -0.3 is 10.1 Å². The lowest BCUT2D eigenvalue weighted by Gasteiger charge is -2.12. The second-order valence-electron chi connectivity index (χ2n) is 6.52. The van der Waals surface area contributed by atoms with E-state index in [-0.39, 0.29) is 11.3 Å². The molecule has 0 atom stereocenters. The number of benzene rings is 1. The van der Waals surface area contributed by atoms with Crippen molar-refractivity contribution in [3.05, 3.63) is 79.0 Å². The highest BCUT2D eigenvalue weighted by molar-refractivity contribution is 6.20. The van der Waals surface area contributed by atoms with Crippen molar-refractivity contribution in [2.45, 2.75) is 5.57 Å². The zero-order chi connectivity index (χ0) is 23.3. The second-order valence-corrected chi connectivity index (χ2v) is 6.96. The minimum absolute atomic E-state index is 0.146. The van der Waals surface area contributed by atoms with Crippen LogP contribution in [-0.2, 0) is 7.05 Å². The van der Waals surface area contributed by atoms with Crippen molar-refractivity contribution in [1.29, 1.82) is 0 Å². The van der Waals surface area contributed by atoms with Gasteiger partial charge in [-0.1, -0.05) is 12.7 Å². The number of carbonyl (C=O) groups is 1. The number of carbonyl (C=O) groups excluding carboxylic acids is 1. The maximum atomic E-state index is 12.8. The predicted molar refractivity (Wildman–Crippen MR) is 120 cm³/mol. The molecule has 1 amide bonds. The van der Waals surface area contributed by atoms with Gasteiger partial charge in [-0.25, -0.2) is 0 Å². The molecule has 0 radical (unpaired) electrons. The van der Waals surface area contributed by atoms with Crippen molar-refractivity contribution in [2.75, 3.05) is 5.32 Å². The molecule has 2 aromatic heterocycles. The molecule has 2 heterocycles. The molecular weight excluding hydrogens is 440 g/mol. The largest absolute Gasteiger partial charge is 0.487 e. The van der Waals surface area contributed by atoms with Gasteiger partial charge in [-0.3, -0.25) is 19.5 Å². The number of anilines is 1. The third-order valence-corrected chi connectivity index (χ3v) is 4.31. The van der Waals surface area contributed by atoms with Crippen molar-refractivity contribution in [2.24, 2.45) is 12.0 Å². The Morgan fingerprint density at radius 1 is 1.31 bits per heavy atom. The first-order valence-electron chi connectivity index (χ1n) is 9.15. The van der Waals surface area contributed by atoms with Crippen LogP contribution in [-0.4, -0.2) is 33.0 Å². The smallest absolute Gasteiger partial charge is 0.420 e. The van der Waals surface area contributed by atoms with Gasteiger partial charge in [0.25, 0.3) is 5.91 Å². The lowest BCUT2D eigenvalue weighted by molar-refractivity contribution is -0.0964. The number of alkyl halides is 3. The van der Waals surface area contributed by atoms with Crippen molar-refractivity contribution in [1.82, 2.24) is 14.8 Å². The Bertz CT molecular complexity index is 1180. The Morgan fingerprint density at radius 3 is 2.59 bits per heavy atom. The maximum Gasteiger partial charge on any atom is 0.487 e. The minimum atomic E-state index is -3.82. The van der Waals surface area contributed by atoms with Crippen LogP contribution in [0, 0.1) is 0 Å². The fraction of sp³-hybridized carbons (Fsp3) is 0.0909. The zero-order valence-electron chi connectivity index (χ0n) is 16.9. The average molecular weight is 458 g/mol. The molecule has 0 aliphatic rings. The SMILES string of the molecule is C=C/C(=C\N=C)c1ncc(C(=O)Nc2ccc(OC(F)(F)Cl)cc2)cc1-c1cnn(C)c1. The van der Waals surface area contributed by atoms with Crippen LogP contribution in [0.2, 0.25) is 0 Å². The number of aromatic nitrogens is 3. The van der Waals surface area contributed by atoms with Crippen LogP contribution in [0.15, 0.2) is 72.8 Å². The number of halogens is 3. The topological polar surface area (TPSA) is 81.4 Å². The molecule has 0 spiro atoms. The molecule has 164 valence electrons. The number of nitrogens with one attached hydrogen (secondary N) is 1. The summed E-state index contributed by atoms with van der Waals surface area (Å²) in [6, 6.07) is 7.01. The van der Waals surface area contributed by atoms with Gasteiger partial charge in [0.15, 0.2) is 0 Å². The highest BCUT2D eigenvalue weighted by atomic mass is 35.5. The Balaban J connectivity index is 1.91. The van der Waals surface area contributed by atoms with Crippen molar-refractivity contribution in [3.63, 3.8) is 0 Å². The number of hydrogen-bond acceptors (Lipinski definition) is 5. The summed E-state index contributed by atoms with van der Waals surface area (Å²) >= 11 is 4.75. The molecule has 10 heteroatoms. The van der Waals surface area contributed by atoms with E-state index in [2.05, 4.69) is 38.4 Å². The Kier molecular flexibility index (Phi) is 6.79. The first-order chi connectivity index (χ1) is 15.2. The molecule has 3 rings (SSSR count). The summed E-state index contributed by atoms with van der Waals surface area (Å²) < 4.78 is 31.3. The van der Waals surface area contributed by atoms with E-state index in [1.54, 1.807) is 36.3 Å². The summed E-state index contributed by atoms with van der Waals surface area (Å²) in [5.74, 6) is -0.594. The molecule has 3 aromatic rings. The first kappa shape index (κ1) is 22.8. The van der Waals surface area contributed by atoms with Crippen molar-refractivity contribution >= 4 is 35.5 Å². The molecule has 0 unspecified atom stereocenters. The summed E-state index contributed by atoms with van der Waals surface area (Å²) in [4.78, 5) is 21.0. The molecule has 0 saturated carbocycles. The third kappa shape index (κ3) is 5.64. The van der Waals surface area contributed by atoms with Gasteiger partial charge in [0.05, 0.1) is 17.5 Å². The van der Waals surface area contributed by atoms with Crippen LogP contribution in [0.3, 0.4) is 0 Å². The summed E-state index contributed by atoms with van der Waals surface area (Å²) in [7, 11) is 1.77. The Hall–Kier alpha value is -3.85. The Labute approximate surface area is 187 Å². The monoisotopic (exact) mass is 457 g/mol. The number of hydrogen-bond donors (Lipinski definition) is 1. The number of nitrogens with zero attached hydrogens (tertiary/aromatic N) is 4. The first-order valence-corrected chi connectivity index (χ1v) is 9.53. The second kappa shape index (κ2) is 9.52. The summed E-state index contributed by atoms with van der Waals surface area (Å²) in [5, 5.41) is 6.85. The standard InChI is InChI=1S/C22H18ClF2N5O2/c1-4-14(10-26-2)20-19(16-12-28-30(3)13-16)9-15(11-27-20)21(31)29-17-5-7-18(8-6-17)32-22(23,24)25/h4-13H,1-2H2,3H3,(H,29,31)/b14-10+. The van der Waals surface area contributed by atoms with Gasteiger partial charge in [-0.05, 0) is 37.0 Å². The zero-order valence-corrected chi connectivity index (χ0v) is 17.7. The highest BCUT2D eigenvalue weighted by Gasteiger charge is 2.27. The number of rotatable bonds is 8. The summed E-state index contributed by atoms with van der Waals surface area (Å²) in [6.07, 6.45) is 7.95. The van der Waals surface area contributed by atoms with Gasteiger partial charge >= 0.3 is 5.57 Å². The van der Waals surface area contributed by atoms with Crippen LogP contribution in [0.25, 0.3) is 16.7 Å². The van der Waals surface area contributed by atoms with Gasteiger partial charge in [0.1, 0.15) is 5.75 Å². The Morgan fingerprint density at radius 2 is 2.03 bits per heavy atom. The van der Waals surface area contributed by atoms with Gasteiger partial charge in [0.2, 0.25) is 0 Å². The van der Waals surface area contributed by atoms with Crippen LogP contribution in [0.5, 0.6) is 5.75 Å². The van der Waals surface area contributed by atoms with Crippen molar-refractivity contribution < 1.29 is 18.3 Å². The number of aliphatic imine (C=N–C) groups is 1. The quantitative estimate of drug-likeness (QED) is 0.289. The van der Waals surface area contributed by atoms with Gasteiger partial charge in [0, 0.05) is 59.6 Å².